The van der Waals surface area contributed by atoms with Crippen molar-refractivity contribution in [2.45, 2.75) is 65.5 Å². The van der Waals surface area contributed by atoms with Crippen LogP contribution in [0.25, 0.3) is 10.9 Å². The van der Waals surface area contributed by atoms with Crippen LogP contribution in [0.5, 0.6) is 5.75 Å². The highest BCUT2D eigenvalue weighted by Gasteiger charge is 2.46. The summed E-state index contributed by atoms with van der Waals surface area (Å²) < 4.78 is 8.31. The van der Waals surface area contributed by atoms with Gasteiger partial charge >= 0.3 is 0 Å². The average molecular weight is 436 g/mol. The fourth-order valence-electron chi connectivity index (χ4n) is 5.06. The zero-order chi connectivity index (χ0) is 22.8. The molecule has 1 saturated heterocycles. The van der Waals surface area contributed by atoms with Gasteiger partial charge in [-0.2, -0.15) is 10.2 Å². The van der Waals surface area contributed by atoms with Gasteiger partial charge in [-0.05, 0) is 52.3 Å². The van der Waals surface area contributed by atoms with Crippen LogP contribution in [0.15, 0.2) is 12.1 Å². The van der Waals surface area contributed by atoms with E-state index in [1.807, 2.05) is 56.3 Å². The van der Waals surface area contributed by atoms with Crippen LogP contribution in [0.3, 0.4) is 0 Å². The second-order valence-corrected chi connectivity index (χ2v) is 9.52. The summed E-state index contributed by atoms with van der Waals surface area (Å²) in [5.41, 5.74) is 4.29. The first kappa shape index (κ1) is 20.7. The number of rotatable bonds is 2. The minimum atomic E-state index is -0.558. The lowest BCUT2D eigenvalue weighted by Gasteiger charge is -2.43. The Morgan fingerprint density at radius 2 is 1.91 bits per heavy atom. The van der Waals surface area contributed by atoms with Crippen LogP contribution in [0, 0.1) is 20.8 Å². The molecular formula is C24H29N5O3. The Morgan fingerprint density at radius 3 is 2.59 bits per heavy atom. The van der Waals surface area contributed by atoms with Crippen molar-refractivity contribution in [2.24, 2.45) is 0 Å². The third kappa shape index (κ3) is 3.12. The van der Waals surface area contributed by atoms with E-state index in [0.717, 1.165) is 27.9 Å². The SMILES string of the molecule is Cc1[nH]nc2c(C)cc(C(=O)N3CCC4(CC3)CC(=O)c3nn(C(C)C)c(C)c3O4)cc12. The Hall–Kier alpha value is -3.16. The molecule has 4 heterocycles. The zero-order valence-corrected chi connectivity index (χ0v) is 19.3. The van der Waals surface area contributed by atoms with E-state index < -0.39 is 5.60 Å². The minimum Gasteiger partial charge on any atom is -0.482 e. The fourth-order valence-corrected chi connectivity index (χ4v) is 5.06. The van der Waals surface area contributed by atoms with Crippen LogP contribution in [0.4, 0.5) is 0 Å². The maximum Gasteiger partial charge on any atom is 0.253 e. The summed E-state index contributed by atoms with van der Waals surface area (Å²) >= 11 is 0. The largest absolute Gasteiger partial charge is 0.482 e. The molecule has 1 fully saturated rings. The van der Waals surface area contributed by atoms with Gasteiger partial charge in [-0.1, -0.05) is 0 Å². The minimum absolute atomic E-state index is 0.0112. The summed E-state index contributed by atoms with van der Waals surface area (Å²) in [4.78, 5) is 28.0. The van der Waals surface area contributed by atoms with Crippen molar-refractivity contribution in [3.8, 4) is 5.75 Å². The number of ketones is 1. The van der Waals surface area contributed by atoms with E-state index in [1.165, 1.54) is 0 Å². The lowest BCUT2D eigenvalue weighted by molar-refractivity contribution is -0.00629. The lowest BCUT2D eigenvalue weighted by Crippen LogP contribution is -2.52. The first-order chi connectivity index (χ1) is 15.2. The molecular weight excluding hydrogens is 406 g/mol. The van der Waals surface area contributed by atoms with Gasteiger partial charge in [0.2, 0.25) is 0 Å². The Kier molecular flexibility index (Phi) is 4.65. The molecule has 0 saturated carbocycles. The Bertz CT molecular complexity index is 1240. The number of H-pyrrole nitrogens is 1. The van der Waals surface area contributed by atoms with Gasteiger partial charge in [0, 0.05) is 48.6 Å². The van der Waals surface area contributed by atoms with Gasteiger partial charge in [-0.25, -0.2) is 0 Å². The number of hydrogen-bond acceptors (Lipinski definition) is 5. The topological polar surface area (TPSA) is 93.1 Å². The highest BCUT2D eigenvalue weighted by molar-refractivity contribution is 6.00. The molecule has 8 heteroatoms. The number of amides is 1. The summed E-state index contributed by atoms with van der Waals surface area (Å²) in [6, 6.07) is 3.99. The quantitative estimate of drug-likeness (QED) is 0.659. The molecule has 0 bridgehead atoms. The van der Waals surface area contributed by atoms with Crippen molar-refractivity contribution in [1.29, 1.82) is 0 Å². The number of aromatic amines is 1. The van der Waals surface area contributed by atoms with Crippen molar-refractivity contribution in [2.75, 3.05) is 13.1 Å². The standard InChI is InChI=1S/C24H29N5O3/c1-13(2)29-16(5)22-21(27-29)19(30)12-24(32-22)6-8-28(9-7-24)23(31)17-10-14(3)20-18(11-17)15(4)25-26-20/h10-11,13H,6-9,12H2,1-5H3,(H,25,26). The smallest absolute Gasteiger partial charge is 0.253 e. The summed E-state index contributed by atoms with van der Waals surface area (Å²) in [7, 11) is 0. The van der Waals surface area contributed by atoms with Gasteiger partial charge in [0.25, 0.3) is 5.91 Å². The molecule has 8 nitrogen and oxygen atoms in total. The summed E-state index contributed by atoms with van der Waals surface area (Å²) in [5, 5.41) is 12.8. The highest BCUT2D eigenvalue weighted by atomic mass is 16.5. The number of nitrogens with one attached hydrogen (secondary N) is 1. The van der Waals surface area contributed by atoms with Gasteiger partial charge < -0.3 is 9.64 Å². The monoisotopic (exact) mass is 435 g/mol. The number of carbonyl (C=O) groups excluding carboxylic acids is 2. The summed E-state index contributed by atoms with van der Waals surface area (Å²) in [5.74, 6) is 0.661. The zero-order valence-electron chi connectivity index (χ0n) is 19.3. The number of hydrogen-bond donors (Lipinski definition) is 1. The number of nitrogens with zero attached hydrogens (tertiary/aromatic N) is 4. The maximum absolute atomic E-state index is 13.3. The van der Waals surface area contributed by atoms with Gasteiger partial charge in [0.15, 0.2) is 17.2 Å². The number of Topliss-reactive ketones (excluding diaryl/α,β-unsaturated/α-hetero) is 1. The predicted octanol–water partition coefficient (Wildman–Crippen LogP) is 3.91. The van der Waals surface area contributed by atoms with Gasteiger partial charge in [0.05, 0.1) is 17.6 Å². The number of fused-ring (bicyclic) bond motifs is 2. The molecule has 5 rings (SSSR count). The molecule has 3 aromatic rings. The third-order valence-corrected chi connectivity index (χ3v) is 6.90. The maximum atomic E-state index is 13.3. The van der Waals surface area contributed by atoms with Crippen molar-refractivity contribution in [3.05, 3.63) is 40.3 Å². The number of benzene rings is 1. The fraction of sp³-hybridized carbons (Fsp3) is 0.500. The average Bonchev–Trinajstić information content (AvgIpc) is 3.29. The normalized spacial score (nSPS) is 17.8. The van der Waals surface area contributed by atoms with Crippen molar-refractivity contribution in [1.82, 2.24) is 24.9 Å². The highest BCUT2D eigenvalue weighted by Crippen LogP contribution is 2.41. The van der Waals surface area contributed by atoms with Gasteiger partial charge in [0.1, 0.15) is 5.60 Å². The van der Waals surface area contributed by atoms with Crippen molar-refractivity contribution in [3.63, 3.8) is 0 Å². The van der Waals surface area contributed by atoms with Crippen LogP contribution < -0.4 is 4.74 Å². The molecule has 1 amide bonds. The molecule has 1 spiro atoms. The van der Waals surface area contributed by atoms with E-state index in [2.05, 4.69) is 15.3 Å². The molecule has 1 N–H and O–H groups in total. The van der Waals surface area contributed by atoms with Crippen LogP contribution in [-0.4, -0.2) is 55.3 Å². The molecule has 2 aromatic heterocycles. The number of carbonyl (C=O) groups is 2. The van der Waals surface area contributed by atoms with Crippen LogP contribution in [0.1, 0.15) is 76.9 Å². The van der Waals surface area contributed by atoms with Crippen LogP contribution in [0.2, 0.25) is 0 Å². The van der Waals surface area contributed by atoms with E-state index in [-0.39, 0.29) is 17.7 Å². The number of piperidine rings is 1. The van der Waals surface area contributed by atoms with E-state index in [9.17, 15) is 9.59 Å². The van der Waals surface area contributed by atoms with Crippen LogP contribution >= 0.6 is 0 Å². The first-order valence-corrected chi connectivity index (χ1v) is 11.2. The lowest BCUT2D eigenvalue weighted by atomic mass is 9.83. The summed E-state index contributed by atoms with van der Waals surface area (Å²) in [6.45, 7) is 11.1. The van der Waals surface area contributed by atoms with Crippen molar-refractivity contribution < 1.29 is 14.3 Å². The Labute approximate surface area is 186 Å². The van der Waals surface area contributed by atoms with E-state index in [1.54, 1.807) is 0 Å². The molecule has 32 heavy (non-hydrogen) atoms. The molecule has 0 unspecified atom stereocenters. The number of aryl methyl sites for hydroxylation is 2. The Balaban J connectivity index is 1.36. The second kappa shape index (κ2) is 7.18. The summed E-state index contributed by atoms with van der Waals surface area (Å²) in [6.07, 6.45) is 1.57. The predicted molar refractivity (Wildman–Crippen MR) is 120 cm³/mol. The van der Waals surface area contributed by atoms with E-state index >= 15 is 0 Å². The third-order valence-electron chi connectivity index (χ3n) is 6.90. The molecule has 2 aliphatic heterocycles. The molecule has 0 atom stereocenters. The Morgan fingerprint density at radius 1 is 1.19 bits per heavy atom. The second-order valence-electron chi connectivity index (χ2n) is 9.52. The van der Waals surface area contributed by atoms with Crippen molar-refractivity contribution >= 4 is 22.6 Å². The number of ether oxygens (including phenoxy) is 1. The van der Waals surface area contributed by atoms with E-state index in [0.29, 0.717) is 49.4 Å². The van der Waals surface area contributed by atoms with Crippen LogP contribution in [-0.2, 0) is 0 Å². The molecule has 2 aliphatic rings. The van der Waals surface area contributed by atoms with E-state index in [4.69, 9.17) is 4.74 Å². The van der Waals surface area contributed by atoms with Gasteiger partial charge in [-0.15, -0.1) is 0 Å². The molecule has 0 radical (unpaired) electrons. The number of likely N-dealkylation sites (tertiary alicyclic amines) is 1. The number of aromatic nitrogens is 4. The first-order valence-electron chi connectivity index (χ1n) is 11.2. The van der Waals surface area contributed by atoms with Gasteiger partial charge in [-0.3, -0.25) is 19.4 Å². The molecule has 0 aliphatic carbocycles. The molecule has 1 aromatic carbocycles. The molecule has 168 valence electrons.